The Balaban J connectivity index is 1.71. The van der Waals surface area contributed by atoms with Gasteiger partial charge < -0.3 is 30.3 Å². The lowest BCUT2D eigenvalue weighted by Gasteiger charge is -2.28. The third-order valence-electron chi connectivity index (χ3n) is 11.8. The van der Waals surface area contributed by atoms with Crippen molar-refractivity contribution in [2.45, 2.75) is 130 Å². The number of hydrogen-bond donors (Lipinski definition) is 4. The van der Waals surface area contributed by atoms with Crippen molar-refractivity contribution < 1.29 is 29.3 Å². The zero-order valence-corrected chi connectivity index (χ0v) is 40.7. The fourth-order valence-corrected chi connectivity index (χ4v) is 9.72. The number of nitrogens with one attached hydrogen (secondary N) is 2. The number of rotatable bonds is 0. The highest BCUT2D eigenvalue weighted by molar-refractivity contribution is 8.77. The molecule has 6 rings (SSSR count). The van der Waals surface area contributed by atoms with Gasteiger partial charge in [0.2, 0.25) is 11.8 Å². The van der Waals surface area contributed by atoms with Crippen LogP contribution in [-0.2, 0) is 56.9 Å². The lowest BCUT2D eigenvalue weighted by Crippen LogP contribution is -2.30. The molecule has 62 heavy (non-hydrogen) atoms. The largest absolute Gasteiger partial charge is 0.507 e. The van der Waals surface area contributed by atoms with Crippen molar-refractivity contribution in [1.82, 2.24) is 10.6 Å². The van der Waals surface area contributed by atoms with Gasteiger partial charge in [-0.05, 0) is 88.4 Å². The average Bonchev–Trinajstić information content (AvgIpc) is 3.15. The predicted molar refractivity (Wildman–Crippen MR) is 257 cm³/mol. The van der Waals surface area contributed by atoms with Crippen molar-refractivity contribution in [1.29, 1.82) is 0 Å². The molecule has 4 aromatic carbocycles. The van der Waals surface area contributed by atoms with Gasteiger partial charge in [0.1, 0.15) is 36.2 Å². The Bertz CT molecular complexity index is 2060. The number of carbonyl (C=O) groups excluding carboxylic acids is 2. The van der Waals surface area contributed by atoms with Crippen molar-refractivity contribution in [3.63, 3.8) is 0 Å². The van der Waals surface area contributed by atoms with Crippen molar-refractivity contribution in [3.05, 3.63) is 115 Å². The zero-order chi connectivity index (χ0) is 45.4. The van der Waals surface area contributed by atoms with Crippen LogP contribution in [0.1, 0.15) is 150 Å². The summed E-state index contributed by atoms with van der Waals surface area (Å²) in [5, 5.41) is 31.0. The van der Waals surface area contributed by atoms with E-state index >= 15 is 0 Å². The number of carbonyl (C=O) groups is 2. The van der Waals surface area contributed by atoms with E-state index in [-0.39, 0.29) is 82.8 Å². The van der Waals surface area contributed by atoms with E-state index in [2.05, 4.69) is 142 Å². The zero-order valence-electron chi connectivity index (χ0n) is 39.0. The molecular formula is C52H68N2O6S2. The highest BCUT2D eigenvalue weighted by Gasteiger charge is 2.29. The first kappa shape index (κ1) is 47.2. The summed E-state index contributed by atoms with van der Waals surface area (Å²) in [6, 6.07) is 17.4. The lowest BCUT2D eigenvalue weighted by molar-refractivity contribution is -0.119. The highest BCUT2D eigenvalue weighted by atomic mass is 33.1. The van der Waals surface area contributed by atoms with Crippen LogP contribution in [0.3, 0.4) is 0 Å². The van der Waals surface area contributed by atoms with Crippen molar-refractivity contribution in [3.8, 4) is 23.0 Å². The van der Waals surface area contributed by atoms with Crippen molar-refractivity contribution in [2.75, 3.05) is 37.8 Å². The number of phenols is 2. The van der Waals surface area contributed by atoms with E-state index in [0.29, 0.717) is 37.2 Å². The molecule has 10 heteroatoms. The predicted octanol–water partition coefficient (Wildman–Crippen LogP) is 10.3. The second-order valence-corrected chi connectivity index (χ2v) is 23.6. The molecule has 0 fully saturated rings. The van der Waals surface area contributed by atoms with Gasteiger partial charge in [0.15, 0.2) is 0 Å². The fraction of sp³-hybridized carbons (Fsp3) is 0.500. The summed E-state index contributed by atoms with van der Waals surface area (Å²) in [5.41, 5.74) is 10.4. The van der Waals surface area contributed by atoms with E-state index in [1.165, 1.54) is 21.6 Å². The fourth-order valence-electron chi connectivity index (χ4n) is 8.00. The quantitative estimate of drug-likeness (QED) is 0.114. The summed E-state index contributed by atoms with van der Waals surface area (Å²) in [4.78, 5) is 25.8. The summed E-state index contributed by atoms with van der Waals surface area (Å²) >= 11 is 0. The van der Waals surface area contributed by atoms with Gasteiger partial charge in [0.25, 0.3) is 0 Å². The molecule has 0 saturated carbocycles. The first-order valence-electron chi connectivity index (χ1n) is 21.9. The van der Waals surface area contributed by atoms with Gasteiger partial charge in [-0.25, -0.2) is 0 Å². The standard InChI is InChI=1S/C52H68N2O6S2/c1-49(2,3)39-21-31-17-35-25-41(51(7,8)9)27-37-19-33-23-40(50(4,5)6)24-34(46(33)58)20-38-28-42(52(10,11)12)26-36(18-32(22-39)45(31)57)48(38)60-16-14-54-44(56)30-62-61-29-43(55)53-13-15-59-47(35)37/h21-28,57-58H,13-20,29-30H2,1-12H3,(H,53,55)(H,54,56). The first-order valence-corrected chi connectivity index (χ1v) is 24.4. The molecule has 0 spiro atoms. The molecule has 0 aromatic heterocycles. The molecule has 0 atom stereocenters. The van der Waals surface area contributed by atoms with Crippen LogP contribution in [0.4, 0.5) is 0 Å². The maximum absolute atomic E-state index is 12.9. The molecule has 1 aliphatic carbocycles. The molecule has 0 unspecified atom stereocenters. The number of phenolic OH excluding ortho intramolecular Hbond substituents is 2. The maximum atomic E-state index is 12.9. The van der Waals surface area contributed by atoms with Crippen LogP contribution in [0.25, 0.3) is 0 Å². The van der Waals surface area contributed by atoms with E-state index in [9.17, 15) is 19.8 Å². The van der Waals surface area contributed by atoms with Gasteiger partial charge in [0, 0.05) is 25.7 Å². The maximum Gasteiger partial charge on any atom is 0.230 e. The Labute approximate surface area is 378 Å². The minimum atomic E-state index is -0.227. The molecule has 334 valence electrons. The normalized spacial score (nSPS) is 16.3. The number of benzene rings is 4. The van der Waals surface area contributed by atoms with Gasteiger partial charge in [0.05, 0.1) is 24.6 Å². The Kier molecular flexibility index (Phi) is 14.0. The molecule has 2 aliphatic rings. The molecule has 4 N–H and O–H groups in total. The molecule has 8 nitrogen and oxygen atoms in total. The number of hydrogen-bond acceptors (Lipinski definition) is 8. The summed E-state index contributed by atoms with van der Waals surface area (Å²) in [5.74, 6) is 1.96. The second-order valence-electron chi connectivity index (χ2n) is 21.2. The Hall–Kier alpha value is -4.28. The number of fused-ring (bicyclic) bond motifs is 2. The SMILES string of the molecule is CC(C)(C)c1cc2c(O)c(c1)Cc1cc(C(C)(C)C)cc3c1OCCNC(=O)CSSCC(=O)NCCOc1c(cc(C(C)(C)C)cc1Cc1cc(C(C)(C)C)cc(c1O)C3)C2. The van der Waals surface area contributed by atoms with Crippen LogP contribution in [-0.4, -0.2) is 59.8 Å². The van der Waals surface area contributed by atoms with E-state index in [0.717, 1.165) is 66.8 Å². The van der Waals surface area contributed by atoms with Crippen LogP contribution in [0.5, 0.6) is 23.0 Å². The Morgan fingerprint density at radius 3 is 0.919 bits per heavy atom. The van der Waals surface area contributed by atoms with Crippen LogP contribution < -0.4 is 20.1 Å². The van der Waals surface area contributed by atoms with E-state index in [4.69, 9.17) is 9.47 Å². The van der Waals surface area contributed by atoms with E-state index in [1.54, 1.807) is 0 Å². The third-order valence-corrected chi connectivity index (χ3v) is 13.9. The topological polar surface area (TPSA) is 117 Å². The summed E-state index contributed by atoms with van der Waals surface area (Å²) in [7, 11) is 2.69. The van der Waals surface area contributed by atoms with Crippen LogP contribution in [0, 0.1) is 0 Å². The van der Waals surface area contributed by atoms with Gasteiger partial charge >= 0.3 is 0 Å². The lowest BCUT2D eigenvalue weighted by atomic mass is 9.79. The molecular weight excluding hydrogens is 813 g/mol. The summed E-state index contributed by atoms with van der Waals surface area (Å²) < 4.78 is 13.6. The average molecular weight is 881 g/mol. The Morgan fingerprint density at radius 2 is 0.677 bits per heavy atom. The highest BCUT2D eigenvalue weighted by Crippen LogP contribution is 2.44. The number of aromatic hydroxyl groups is 2. The third kappa shape index (κ3) is 11.4. The first-order chi connectivity index (χ1) is 28.9. The summed E-state index contributed by atoms with van der Waals surface area (Å²) in [6.07, 6.45) is 1.57. The van der Waals surface area contributed by atoms with Gasteiger partial charge in [-0.15, -0.1) is 0 Å². The molecule has 4 aromatic rings. The smallest absolute Gasteiger partial charge is 0.230 e. The van der Waals surface area contributed by atoms with Crippen LogP contribution in [0.2, 0.25) is 0 Å². The van der Waals surface area contributed by atoms with Gasteiger partial charge in [-0.2, -0.15) is 0 Å². The second kappa shape index (κ2) is 18.4. The Morgan fingerprint density at radius 1 is 0.435 bits per heavy atom. The number of amides is 2. The van der Waals surface area contributed by atoms with Gasteiger partial charge in [-0.1, -0.05) is 153 Å². The number of ether oxygens (including phenoxy) is 2. The molecule has 1 heterocycles. The van der Waals surface area contributed by atoms with Crippen LogP contribution >= 0.6 is 21.6 Å². The minimum Gasteiger partial charge on any atom is -0.507 e. The van der Waals surface area contributed by atoms with Gasteiger partial charge in [-0.3, -0.25) is 9.59 Å². The van der Waals surface area contributed by atoms with Crippen molar-refractivity contribution in [2.24, 2.45) is 0 Å². The van der Waals surface area contributed by atoms with Crippen LogP contribution in [0.15, 0.2) is 48.5 Å². The minimum absolute atomic E-state index is 0.141. The van der Waals surface area contributed by atoms with E-state index < -0.39 is 0 Å². The van der Waals surface area contributed by atoms with Crippen molar-refractivity contribution >= 4 is 33.4 Å². The summed E-state index contributed by atoms with van der Waals surface area (Å²) in [6.45, 7) is 27.4. The molecule has 0 radical (unpaired) electrons. The molecule has 0 saturated heterocycles. The molecule has 10 bridgehead atoms. The monoisotopic (exact) mass is 880 g/mol. The van der Waals surface area contributed by atoms with E-state index in [1.807, 2.05) is 0 Å². The molecule has 2 amide bonds. The molecule has 1 aliphatic heterocycles.